The lowest BCUT2D eigenvalue weighted by Crippen LogP contribution is -2.38. The Morgan fingerprint density at radius 1 is 1.40 bits per heavy atom. The SMILES string of the molecule is C=CC(=O)OC[SiH](C)C(OCC)OCC. The first-order chi connectivity index (χ1) is 7.15. The van der Waals surface area contributed by atoms with Crippen LogP contribution in [0.4, 0.5) is 0 Å². The van der Waals surface area contributed by atoms with Gasteiger partial charge in [0.05, 0.1) is 6.23 Å². The molecule has 15 heavy (non-hydrogen) atoms. The summed E-state index contributed by atoms with van der Waals surface area (Å²) in [7, 11) is -1.36. The molecule has 0 spiro atoms. The van der Waals surface area contributed by atoms with Crippen LogP contribution in [0.5, 0.6) is 0 Å². The van der Waals surface area contributed by atoms with Gasteiger partial charge in [-0.05, 0) is 13.8 Å². The third-order valence-electron chi connectivity index (χ3n) is 1.78. The van der Waals surface area contributed by atoms with Crippen LogP contribution >= 0.6 is 0 Å². The van der Waals surface area contributed by atoms with Gasteiger partial charge in [0.1, 0.15) is 14.7 Å². The van der Waals surface area contributed by atoms with Gasteiger partial charge < -0.3 is 14.2 Å². The molecule has 0 bridgehead atoms. The average molecular weight is 232 g/mol. The van der Waals surface area contributed by atoms with Gasteiger partial charge in [0.15, 0.2) is 0 Å². The van der Waals surface area contributed by atoms with Crippen molar-refractivity contribution in [1.82, 2.24) is 0 Å². The predicted octanol–water partition coefficient (Wildman–Crippen LogP) is 1.05. The highest BCUT2D eigenvalue weighted by atomic mass is 28.3. The molecular formula is C10H20O4Si. The fourth-order valence-corrected chi connectivity index (χ4v) is 2.68. The molecule has 0 aromatic heterocycles. The maximum Gasteiger partial charge on any atom is 0.329 e. The summed E-state index contributed by atoms with van der Waals surface area (Å²) >= 11 is 0. The van der Waals surface area contributed by atoms with E-state index in [9.17, 15) is 4.79 Å². The molecule has 88 valence electrons. The van der Waals surface area contributed by atoms with Crippen LogP contribution in [0.1, 0.15) is 13.8 Å². The Kier molecular flexibility index (Phi) is 8.26. The largest absolute Gasteiger partial charge is 0.466 e. The minimum atomic E-state index is -1.36. The van der Waals surface area contributed by atoms with E-state index in [4.69, 9.17) is 14.2 Å². The van der Waals surface area contributed by atoms with Crippen LogP contribution < -0.4 is 0 Å². The molecule has 0 fully saturated rings. The Labute approximate surface area is 92.8 Å². The summed E-state index contributed by atoms with van der Waals surface area (Å²) < 4.78 is 15.8. The van der Waals surface area contributed by atoms with E-state index < -0.39 is 8.80 Å². The molecule has 0 rings (SSSR count). The van der Waals surface area contributed by atoms with E-state index in [1.807, 2.05) is 20.4 Å². The van der Waals surface area contributed by atoms with E-state index in [0.29, 0.717) is 19.4 Å². The van der Waals surface area contributed by atoms with Crippen molar-refractivity contribution in [2.75, 3.05) is 19.4 Å². The second-order valence-corrected chi connectivity index (χ2v) is 5.92. The highest BCUT2D eigenvalue weighted by Gasteiger charge is 2.20. The second-order valence-electron chi connectivity index (χ2n) is 3.09. The number of rotatable bonds is 8. The second kappa shape index (κ2) is 8.64. The lowest BCUT2D eigenvalue weighted by atomic mass is 10.7. The molecule has 0 heterocycles. The summed E-state index contributed by atoms with van der Waals surface area (Å²) in [6.45, 7) is 10.4. The number of carbonyl (C=O) groups is 1. The van der Waals surface area contributed by atoms with Gasteiger partial charge >= 0.3 is 5.97 Å². The third-order valence-corrected chi connectivity index (χ3v) is 3.79. The third kappa shape index (κ3) is 6.43. The fraction of sp³-hybridized carbons (Fsp3) is 0.700. The van der Waals surface area contributed by atoms with Gasteiger partial charge in [-0.15, -0.1) is 0 Å². The quantitative estimate of drug-likeness (QED) is 0.271. The average Bonchev–Trinajstić information content (AvgIpc) is 2.25. The standard InChI is InChI=1S/C10H20O4Si/c1-5-9(11)14-8-15(4)10(12-6-2)13-7-3/h5,10,15H,1,6-8H2,2-4H3. The summed E-state index contributed by atoms with van der Waals surface area (Å²) in [6, 6.07) is 0. The van der Waals surface area contributed by atoms with Crippen molar-refractivity contribution in [3.63, 3.8) is 0 Å². The van der Waals surface area contributed by atoms with Gasteiger partial charge in [-0.25, -0.2) is 4.79 Å². The molecule has 5 heteroatoms. The van der Waals surface area contributed by atoms with Gasteiger partial charge in [-0.1, -0.05) is 13.1 Å². The van der Waals surface area contributed by atoms with Gasteiger partial charge in [-0.3, -0.25) is 0 Å². The Balaban J connectivity index is 3.94. The van der Waals surface area contributed by atoms with E-state index in [1.165, 1.54) is 0 Å². The zero-order chi connectivity index (χ0) is 11.7. The number of hydrogen-bond acceptors (Lipinski definition) is 4. The minimum absolute atomic E-state index is 0.183. The molecule has 0 amide bonds. The summed E-state index contributed by atoms with van der Waals surface area (Å²) in [5.41, 5.74) is 0. The molecule has 0 saturated heterocycles. The molecule has 1 atom stereocenters. The summed E-state index contributed by atoms with van der Waals surface area (Å²) in [6.07, 6.45) is 1.58. The monoisotopic (exact) mass is 232 g/mol. The Bertz CT molecular complexity index is 190. The maximum atomic E-state index is 10.9. The molecule has 1 unspecified atom stereocenters. The van der Waals surface area contributed by atoms with Gasteiger partial charge in [0.25, 0.3) is 0 Å². The van der Waals surface area contributed by atoms with Crippen molar-refractivity contribution in [2.45, 2.75) is 26.3 Å². The van der Waals surface area contributed by atoms with Crippen LogP contribution in [-0.2, 0) is 19.0 Å². The molecule has 4 nitrogen and oxygen atoms in total. The van der Waals surface area contributed by atoms with Crippen molar-refractivity contribution in [3.05, 3.63) is 12.7 Å². The van der Waals surface area contributed by atoms with Crippen molar-refractivity contribution in [3.8, 4) is 0 Å². The highest BCUT2D eigenvalue weighted by molar-refractivity contribution is 6.58. The van der Waals surface area contributed by atoms with E-state index in [-0.39, 0.29) is 11.9 Å². The zero-order valence-corrected chi connectivity index (χ0v) is 10.8. The first kappa shape index (κ1) is 14.3. The molecule has 0 saturated carbocycles. The predicted molar refractivity (Wildman–Crippen MR) is 61.2 cm³/mol. The molecule has 0 aliphatic heterocycles. The summed E-state index contributed by atoms with van der Waals surface area (Å²) in [5.74, 6) is -0.571. The topological polar surface area (TPSA) is 44.8 Å². The fourth-order valence-electron chi connectivity index (χ4n) is 1.06. The highest BCUT2D eigenvalue weighted by Crippen LogP contribution is 2.02. The van der Waals surface area contributed by atoms with Gasteiger partial charge in [0.2, 0.25) is 0 Å². The van der Waals surface area contributed by atoms with E-state index in [1.54, 1.807) is 0 Å². The van der Waals surface area contributed by atoms with Crippen LogP contribution in [-0.4, -0.2) is 40.1 Å². The van der Waals surface area contributed by atoms with Crippen LogP contribution in [0.25, 0.3) is 0 Å². The molecular weight excluding hydrogens is 212 g/mol. The van der Waals surface area contributed by atoms with E-state index >= 15 is 0 Å². The minimum Gasteiger partial charge on any atom is -0.466 e. The number of esters is 1. The van der Waals surface area contributed by atoms with Crippen molar-refractivity contribution in [1.29, 1.82) is 0 Å². The van der Waals surface area contributed by atoms with Crippen LogP contribution in [0.3, 0.4) is 0 Å². The van der Waals surface area contributed by atoms with Gasteiger partial charge in [-0.2, -0.15) is 0 Å². The summed E-state index contributed by atoms with van der Waals surface area (Å²) in [4.78, 5) is 10.9. The lowest BCUT2D eigenvalue weighted by Gasteiger charge is -2.21. The van der Waals surface area contributed by atoms with Crippen molar-refractivity contribution >= 4 is 14.8 Å². The smallest absolute Gasteiger partial charge is 0.329 e. The van der Waals surface area contributed by atoms with Crippen molar-refractivity contribution in [2.24, 2.45) is 0 Å². The van der Waals surface area contributed by atoms with E-state index in [2.05, 4.69) is 6.58 Å². The molecule has 0 radical (unpaired) electrons. The number of carbonyl (C=O) groups excluding carboxylic acids is 1. The molecule has 0 aliphatic carbocycles. The number of hydrogen-bond donors (Lipinski definition) is 0. The van der Waals surface area contributed by atoms with Crippen molar-refractivity contribution < 1.29 is 19.0 Å². The van der Waals surface area contributed by atoms with Crippen LogP contribution in [0, 0.1) is 0 Å². The van der Waals surface area contributed by atoms with E-state index in [0.717, 1.165) is 6.08 Å². The first-order valence-electron chi connectivity index (χ1n) is 5.18. The normalized spacial score (nSPS) is 12.5. The Hall–Kier alpha value is -0.653. The lowest BCUT2D eigenvalue weighted by molar-refractivity contribution is -0.136. The molecule has 0 aromatic rings. The molecule has 0 N–H and O–H groups in total. The maximum absolute atomic E-state index is 10.9. The molecule has 0 aliphatic rings. The Morgan fingerprint density at radius 3 is 2.33 bits per heavy atom. The van der Waals surface area contributed by atoms with Gasteiger partial charge in [0, 0.05) is 19.3 Å². The summed E-state index contributed by atoms with van der Waals surface area (Å²) in [5, 5.41) is 0. The first-order valence-corrected chi connectivity index (χ1v) is 7.81. The Morgan fingerprint density at radius 2 is 1.93 bits per heavy atom. The van der Waals surface area contributed by atoms with Crippen LogP contribution in [0.15, 0.2) is 12.7 Å². The van der Waals surface area contributed by atoms with Crippen LogP contribution in [0.2, 0.25) is 6.55 Å². The molecule has 0 aromatic carbocycles. The number of ether oxygens (including phenoxy) is 3. The zero-order valence-electron chi connectivity index (χ0n) is 9.69.